The Morgan fingerprint density at radius 1 is 1.24 bits per heavy atom. The maximum absolute atomic E-state index is 12.0. The molecule has 2 rings (SSSR count). The van der Waals surface area contributed by atoms with Crippen LogP contribution >= 0.6 is 11.6 Å². The molecule has 1 aromatic rings. The number of halogens is 1. The molecular formula is C15H20ClN3O2. The van der Waals surface area contributed by atoms with Crippen LogP contribution in [0.25, 0.3) is 0 Å². The predicted molar refractivity (Wildman–Crippen MR) is 83.5 cm³/mol. The molecule has 0 aromatic heterocycles. The standard InChI is InChI=1S/C15H20ClN3O2/c1-9-2-4-10(5-3-9)18-15(21)19-11-6-7-13(16)12(8-11)14(17)20/h6-10H,2-5H2,1H3,(H2,17,20)(H2,18,19,21). The van der Waals surface area contributed by atoms with Crippen molar-refractivity contribution < 1.29 is 9.59 Å². The van der Waals surface area contributed by atoms with Gasteiger partial charge in [-0.3, -0.25) is 4.79 Å². The third-order valence-electron chi connectivity index (χ3n) is 3.84. The Balaban J connectivity index is 1.93. The lowest BCUT2D eigenvalue weighted by Crippen LogP contribution is -2.39. The van der Waals surface area contributed by atoms with Gasteiger partial charge in [0, 0.05) is 11.7 Å². The highest BCUT2D eigenvalue weighted by Crippen LogP contribution is 2.24. The summed E-state index contributed by atoms with van der Waals surface area (Å²) >= 11 is 5.87. The Morgan fingerprint density at radius 2 is 1.90 bits per heavy atom. The van der Waals surface area contributed by atoms with Gasteiger partial charge in [0.2, 0.25) is 5.91 Å². The van der Waals surface area contributed by atoms with Gasteiger partial charge in [0.25, 0.3) is 0 Å². The van der Waals surface area contributed by atoms with Crippen LogP contribution in [0.15, 0.2) is 18.2 Å². The topological polar surface area (TPSA) is 84.2 Å². The van der Waals surface area contributed by atoms with Gasteiger partial charge in [0.1, 0.15) is 0 Å². The fraction of sp³-hybridized carbons (Fsp3) is 0.467. The average molecular weight is 310 g/mol. The van der Waals surface area contributed by atoms with Gasteiger partial charge in [-0.25, -0.2) is 4.79 Å². The lowest BCUT2D eigenvalue weighted by molar-refractivity contribution is 0.100. The van der Waals surface area contributed by atoms with Crippen LogP contribution in [-0.2, 0) is 0 Å². The van der Waals surface area contributed by atoms with Crippen molar-refractivity contribution in [3.63, 3.8) is 0 Å². The molecule has 1 aliphatic rings. The highest BCUT2D eigenvalue weighted by Gasteiger charge is 2.19. The van der Waals surface area contributed by atoms with Crippen molar-refractivity contribution in [2.45, 2.75) is 38.6 Å². The van der Waals surface area contributed by atoms with Crippen molar-refractivity contribution in [3.05, 3.63) is 28.8 Å². The van der Waals surface area contributed by atoms with Gasteiger partial charge >= 0.3 is 6.03 Å². The third kappa shape index (κ3) is 4.36. The summed E-state index contributed by atoms with van der Waals surface area (Å²) < 4.78 is 0. The molecule has 0 atom stereocenters. The largest absolute Gasteiger partial charge is 0.366 e. The van der Waals surface area contributed by atoms with E-state index < -0.39 is 5.91 Å². The van der Waals surface area contributed by atoms with E-state index in [2.05, 4.69) is 17.6 Å². The molecule has 4 N–H and O–H groups in total. The van der Waals surface area contributed by atoms with E-state index in [4.69, 9.17) is 17.3 Å². The van der Waals surface area contributed by atoms with Crippen molar-refractivity contribution in [1.82, 2.24) is 5.32 Å². The summed E-state index contributed by atoms with van der Waals surface area (Å²) in [6.45, 7) is 2.23. The van der Waals surface area contributed by atoms with Crippen LogP contribution in [0.2, 0.25) is 5.02 Å². The Labute approximate surface area is 129 Å². The minimum absolute atomic E-state index is 0.195. The van der Waals surface area contributed by atoms with Crippen LogP contribution in [-0.4, -0.2) is 18.0 Å². The molecule has 1 aliphatic carbocycles. The van der Waals surface area contributed by atoms with Gasteiger partial charge in [0.05, 0.1) is 10.6 Å². The Hall–Kier alpha value is -1.75. The minimum atomic E-state index is -0.620. The van der Waals surface area contributed by atoms with Gasteiger partial charge in [0.15, 0.2) is 0 Å². The highest BCUT2D eigenvalue weighted by molar-refractivity contribution is 6.33. The van der Waals surface area contributed by atoms with Crippen molar-refractivity contribution in [2.75, 3.05) is 5.32 Å². The maximum atomic E-state index is 12.0. The molecule has 1 fully saturated rings. The quantitative estimate of drug-likeness (QED) is 0.801. The molecule has 3 amide bonds. The zero-order chi connectivity index (χ0) is 15.4. The van der Waals surface area contributed by atoms with Gasteiger partial charge in [-0.05, 0) is 49.8 Å². The molecule has 114 valence electrons. The van der Waals surface area contributed by atoms with Crippen molar-refractivity contribution in [2.24, 2.45) is 11.7 Å². The minimum Gasteiger partial charge on any atom is -0.366 e. The van der Waals surface area contributed by atoms with E-state index in [0.717, 1.165) is 31.6 Å². The number of anilines is 1. The summed E-state index contributed by atoms with van der Waals surface area (Å²) in [5.74, 6) is 0.117. The van der Waals surface area contributed by atoms with Crippen molar-refractivity contribution in [1.29, 1.82) is 0 Å². The fourth-order valence-corrected chi connectivity index (χ4v) is 2.76. The molecule has 1 saturated carbocycles. The number of carbonyl (C=O) groups excluding carboxylic acids is 2. The van der Waals surface area contributed by atoms with Crippen LogP contribution in [0.5, 0.6) is 0 Å². The van der Waals surface area contributed by atoms with Crippen LogP contribution < -0.4 is 16.4 Å². The highest BCUT2D eigenvalue weighted by atomic mass is 35.5. The van der Waals surface area contributed by atoms with Gasteiger partial charge < -0.3 is 16.4 Å². The SMILES string of the molecule is CC1CCC(NC(=O)Nc2ccc(Cl)c(C(N)=O)c2)CC1. The molecule has 1 aromatic carbocycles. The fourth-order valence-electron chi connectivity index (χ4n) is 2.55. The number of hydrogen-bond donors (Lipinski definition) is 3. The molecule has 0 heterocycles. The summed E-state index contributed by atoms with van der Waals surface area (Å²) in [6, 6.07) is 4.60. The summed E-state index contributed by atoms with van der Waals surface area (Å²) in [5.41, 5.74) is 5.92. The summed E-state index contributed by atoms with van der Waals surface area (Å²) in [7, 11) is 0. The molecule has 6 heteroatoms. The van der Waals surface area contributed by atoms with E-state index in [9.17, 15) is 9.59 Å². The average Bonchev–Trinajstić information content (AvgIpc) is 2.43. The Morgan fingerprint density at radius 3 is 2.52 bits per heavy atom. The monoisotopic (exact) mass is 309 g/mol. The lowest BCUT2D eigenvalue weighted by atomic mass is 9.87. The van der Waals surface area contributed by atoms with Crippen LogP contribution in [0.1, 0.15) is 43.0 Å². The van der Waals surface area contributed by atoms with E-state index in [1.54, 1.807) is 12.1 Å². The molecule has 21 heavy (non-hydrogen) atoms. The number of benzene rings is 1. The molecule has 0 spiro atoms. The second-order valence-corrected chi connectivity index (χ2v) is 6.02. The normalized spacial score (nSPS) is 21.6. The molecule has 0 radical (unpaired) electrons. The number of rotatable bonds is 3. The molecular weight excluding hydrogens is 290 g/mol. The molecule has 0 bridgehead atoms. The first-order chi connectivity index (χ1) is 9.95. The Kier molecular flexibility index (Phi) is 5.07. The number of amides is 3. The van der Waals surface area contributed by atoms with E-state index in [1.807, 2.05) is 0 Å². The van der Waals surface area contributed by atoms with E-state index in [1.165, 1.54) is 6.07 Å². The van der Waals surface area contributed by atoms with E-state index in [0.29, 0.717) is 5.69 Å². The van der Waals surface area contributed by atoms with Crippen LogP contribution in [0.3, 0.4) is 0 Å². The van der Waals surface area contributed by atoms with Gasteiger partial charge in [-0.1, -0.05) is 18.5 Å². The number of hydrogen-bond acceptors (Lipinski definition) is 2. The van der Waals surface area contributed by atoms with Crippen LogP contribution in [0.4, 0.5) is 10.5 Å². The third-order valence-corrected chi connectivity index (χ3v) is 4.17. The van der Waals surface area contributed by atoms with E-state index in [-0.39, 0.29) is 22.7 Å². The number of primary amides is 1. The summed E-state index contributed by atoms with van der Waals surface area (Å²) in [5, 5.41) is 5.93. The number of nitrogens with one attached hydrogen (secondary N) is 2. The Bertz CT molecular complexity index is 540. The van der Waals surface area contributed by atoms with Gasteiger partial charge in [-0.2, -0.15) is 0 Å². The smallest absolute Gasteiger partial charge is 0.319 e. The number of urea groups is 1. The summed E-state index contributed by atoms with van der Waals surface area (Å²) in [6.07, 6.45) is 4.28. The second kappa shape index (κ2) is 6.80. The number of nitrogens with two attached hydrogens (primary N) is 1. The predicted octanol–water partition coefficient (Wildman–Crippen LogP) is 3.14. The van der Waals surface area contributed by atoms with Crippen molar-refractivity contribution >= 4 is 29.2 Å². The van der Waals surface area contributed by atoms with Gasteiger partial charge in [-0.15, -0.1) is 0 Å². The lowest BCUT2D eigenvalue weighted by Gasteiger charge is -2.26. The van der Waals surface area contributed by atoms with Crippen molar-refractivity contribution in [3.8, 4) is 0 Å². The first-order valence-corrected chi connectivity index (χ1v) is 7.50. The first-order valence-electron chi connectivity index (χ1n) is 7.12. The molecule has 5 nitrogen and oxygen atoms in total. The second-order valence-electron chi connectivity index (χ2n) is 5.61. The van der Waals surface area contributed by atoms with E-state index >= 15 is 0 Å². The first kappa shape index (κ1) is 15.6. The summed E-state index contributed by atoms with van der Waals surface area (Å²) in [4.78, 5) is 23.2. The zero-order valence-electron chi connectivity index (χ0n) is 12.0. The molecule has 0 aliphatic heterocycles. The van der Waals surface area contributed by atoms with Crippen LogP contribution in [0, 0.1) is 5.92 Å². The molecule has 0 unspecified atom stereocenters. The maximum Gasteiger partial charge on any atom is 0.319 e. The number of carbonyl (C=O) groups is 2. The molecule has 0 saturated heterocycles. The zero-order valence-corrected chi connectivity index (χ0v) is 12.7.